The Hall–Kier alpha value is -1.53. The predicted octanol–water partition coefficient (Wildman–Crippen LogP) is 3.88. The van der Waals surface area contributed by atoms with Gasteiger partial charge >= 0.3 is 0 Å². The van der Waals surface area contributed by atoms with Crippen molar-refractivity contribution in [1.82, 2.24) is 0 Å². The van der Waals surface area contributed by atoms with Crippen LogP contribution < -0.4 is 9.46 Å². The van der Waals surface area contributed by atoms with Crippen molar-refractivity contribution in [3.8, 4) is 5.75 Å². The first-order valence-corrected chi connectivity index (χ1v) is 8.55. The van der Waals surface area contributed by atoms with Crippen LogP contribution in [0.15, 0.2) is 45.8 Å². The fourth-order valence-corrected chi connectivity index (χ4v) is 3.42. The number of methoxy groups -OCH3 is 1. The number of benzene rings is 2. The highest BCUT2D eigenvalue weighted by Crippen LogP contribution is 2.29. The lowest BCUT2D eigenvalue weighted by atomic mass is 10.1. The van der Waals surface area contributed by atoms with Crippen molar-refractivity contribution >= 4 is 31.6 Å². The number of aryl methyl sites for hydroxylation is 1. The van der Waals surface area contributed by atoms with E-state index in [1.54, 1.807) is 12.1 Å². The van der Waals surface area contributed by atoms with Crippen LogP contribution in [0.2, 0.25) is 0 Å². The average molecular weight is 370 g/mol. The molecule has 0 atom stereocenters. The summed E-state index contributed by atoms with van der Waals surface area (Å²) >= 11 is 3.31. The molecular formula is C15H16BrNO3S. The lowest BCUT2D eigenvalue weighted by Gasteiger charge is -2.13. The van der Waals surface area contributed by atoms with Crippen molar-refractivity contribution < 1.29 is 13.2 Å². The van der Waals surface area contributed by atoms with Gasteiger partial charge in [-0.15, -0.1) is 0 Å². The van der Waals surface area contributed by atoms with Gasteiger partial charge in [-0.1, -0.05) is 12.1 Å². The van der Waals surface area contributed by atoms with Gasteiger partial charge in [0.2, 0.25) is 0 Å². The average Bonchev–Trinajstić information content (AvgIpc) is 2.44. The van der Waals surface area contributed by atoms with Gasteiger partial charge in [0.1, 0.15) is 5.75 Å². The van der Waals surface area contributed by atoms with Gasteiger partial charge < -0.3 is 4.74 Å². The molecule has 112 valence electrons. The highest BCUT2D eigenvalue weighted by molar-refractivity contribution is 9.10. The van der Waals surface area contributed by atoms with Crippen molar-refractivity contribution in [2.75, 3.05) is 11.8 Å². The van der Waals surface area contributed by atoms with Crippen LogP contribution in [0.25, 0.3) is 0 Å². The van der Waals surface area contributed by atoms with Crippen molar-refractivity contribution in [3.63, 3.8) is 0 Å². The summed E-state index contributed by atoms with van der Waals surface area (Å²) in [6.45, 7) is 3.82. The molecule has 0 aliphatic carbocycles. The molecule has 6 heteroatoms. The maximum absolute atomic E-state index is 12.5. The van der Waals surface area contributed by atoms with Gasteiger partial charge in [0, 0.05) is 6.07 Å². The molecule has 0 aliphatic heterocycles. The second-order valence-electron chi connectivity index (χ2n) is 4.65. The number of ether oxygens (including phenoxy) is 1. The largest absolute Gasteiger partial charge is 0.496 e. The number of nitrogens with one attached hydrogen (secondary N) is 1. The first-order chi connectivity index (χ1) is 9.85. The van der Waals surface area contributed by atoms with Gasteiger partial charge in [-0.05, 0) is 59.1 Å². The number of hydrogen-bond acceptors (Lipinski definition) is 3. The third kappa shape index (κ3) is 3.39. The lowest BCUT2D eigenvalue weighted by Crippen LogP contribution is -2.14. The molecule has 0 radical (unpaired) electrons. The number of rotatable bonds is 4. The molecule has 0 saturated heterocycles. The Balaban J connectivity index is 2.41. The molecule has 4 nitrogen and oxygen atoms in total. The maximum Gasteiger partial charge on any atom is 0.262 e. The van der Waals surface area contributed by atoms with E-state index < -0.39 is 10.0 Å². The van der Waals surface area contributed by atoms with E-state index in [0.717, 1.165) is 11.1 Å². The Bertz CT molecular complexity index is 772. The van der Waals surface area contributed by atoms with Gasteiger partial charge in [0.15, 0.2) is 0 Å². The fourth-order valence-electron chi connectivity index (χ4n) is 1.87. The van der Waals surface area contributed by atoms with Crippen LogP contribution in [0, 0.1) is 13.8 Å². The molecule has 21 heavy (non-hydrogen) atoms. The molecule has 0 amide bonds. The molecule has 2 aromatic carbocycles. The number of hydrogen-bond donors (Lipinski definition) is 1. The minimum Gasteiger partial charge on any atom is -0.496 e. The van der Waals surface area contributed by atoms with Crippen molar-refractivity contribution in [2.45, 2.75) is 18.7 Å². The third-order valence-electron chi connectivity index (χ3n) is 3.28. The van der Waals surface area contributed by atoms with E-state index in [4.69, 9.17) is 4.74 Å². The van der Waals surface area contributed by atoms with Crippen LogP contribution in [-0.4, -0.2) is 15.5 Å². The van der Waals surface area contributed by atoms with Crippen LogP contribution >= 0.6 is 15.9 Å². The summed E-state index contributed by atoms with van der Waals surface area (Å²) in [6, 6.07) is 10.2. The molecule has 0 aliphatic rings. The second-order valence-corrected chi connectivity index (χ2v) is 7.19. The molecule has 0 fully saturated rings. The van der Waals surface area contributed by atoms with Crippen LogP contribution in [0.4, 0.5) is 5.69 Å². The summed E-state index contributed by atoms with van der Waals surface area (Å²) in [5.74, 6) is 0.471. The smallest absolute Gasteiger partial charge is 0.262 e. The SMILES string of the molecule is COc1cc(S(=O)(=O)Nc2cccc(C)c2C)ccc1Br. The van der Waals surface area contributed by atoms with E-state index in [0.29, 0.717) is 15.9 Å². The van der Waals surface area contributed by atoms with Crippen LogP contribution in [0.1, 0.15) is 11.1 Å². The normalized spacial score (nSPS) is 11.2. The Morgan fingerprint density at radius 3 is 2.52 bits per heavy atom. The van der Waals surface area contributed by atoms with E-state index in [1.807, 2.05) is 26.0 Å². The number of halogens is 1. The second kappa shape index (κ2) is 6.07. The molecule has 0 heterocycles. The van der Waals surface area contributed by atoms with E-state index >= 15 is 0 Å². The standard InChI is InChI=1S/C15H16BrNO3S/c1-10-5-4-6-14(11(10)2)17-21(18,19)12-7-8-13(16)15(9-12)20-3/h4-9,17H,1-3H3. The zero-order valence-electron chi connectivity index (χ0n) is 12.0. The van der Waals surface area contributed by atoms with Gasteiger partial charge in [-0.2, -0.15) is 0 Å². The first-order valence-electron chi connectivity index (χ1n) is 6.27. The number of sulfonamides is 1. The molecule has 2 aromatic rings. The summed E-state index contributed by atoms with van der Waals surface area (Å²) in [6.07, 6.45) is 0. The third-order valence-corrected chi connectivity index (χ3v) is 5.30. The van der Waals surface area contributed by atoms with E-state index in [2.05, 4.69) is 20.7 Å². The van der Waals surface area contributed by atoms with Gasteiger partial charge in [-0.3, -0.25) is 4.72 Å². The summed E-state index contributed by atoms with van der Waals surface area (Å²) < 4.78 is 33.4. The molecule has 0 unspecified atom stereocenters. The highest BCUT2D eigenvalue weighted by atomic mass is 79.9. The van der Waals surface area contributed by atoms with Crippen LogP contribution in [0.3, 0.4) is 0 Å². The highest BCUT2D eigenvalue weighted by Gasteiger charge is 2.17. The Morgan fingerprint density at radius 1 is 1.14 bits per heavy atom. The molecule has 1 N–H and O–H groups in total. The van der Waals surface area contributed by atoms with E-state index in [-0.39, 0.29) is 4.90 Å². The first kappa shape index (κ1) is 15.9. The van der Waals surface area contributed by atoms with Crippen molar-refractivity contribution in [2.24, 2.45) is 0 Å². The minimum absolute atomic E-state index is 0.156. The van der Waals surface area contributed by atoms with Gasteiger partial charge in [0.05, 0.1) is 22.2 Å². The molecule has 2 rings (SSSR count). The fraction of sp³-hybridized carbons (Fsp3) is 0.200. The zero-order chi connectivity index (χ0) is 15.6. The zero-order valence-corrected chi connectivity index (χ0v) is 14.4. The van der Waals surface area contributed by atoms with Crippen molar-refractivity contribution in [3.05, 3.63) is 52.0 Å². The summed E-state index contributed by atoms with van der Waals surface area (Å²) in [5.41, 5.74) is 2.52. The molecule has 0 aromatic heterocycles. The van der Waals surface area contributed by atoms with Gasteiger partial charge in [-0.25, -0.2) is 8.42 Å². The van der Waals surface area contributed by atoms with Crippen LogP contribution in [-0.2, 0) is 10.0 Å². The Labute approximate surface area is 133 Å². The molecule has 0 saturated carbocycles. The van der Waals surface area contributed by atoms with Gasteiger partial charge in [0.25, 0.3) is 10.0 Å². The molecular weight excluding hydrogens is 354 g/mol. The maximum atomic E-state index is 12.5. The lowest BCUT2D eigenvalue weighted by molar-refractivity contribution is 0.411. The Morgan fingerprint density at radius 2 is 1.86 bits per heavy atom. The molecule has 0 spiro atoms. The topological polar surface area (TPSA) is 55.4 Å². The molecule has 0 bridgehead atoms. The summed E-state index contributed by atoms with van der Waals surface area (Å²) in [7, 11) is -2.16. The van der Waals surface area contributed by atoms with E-state index in [1.165, 1.54) is 19.2 Å². The minimum atomic E-state index is -3.65. The van der Waals surface area contributed by atoms with Crippen LogP contribution in [0.5, 0.6) is 5.75 Å². The van der Waals surface area contributed by atoms with Crippen molar-refractivity contribution in [1.29, 1.82) is 0 Å². The number of anilines is 1. The predicted molar refractivity (Wildman–Crippen MR) is 87.4 cm³/mol. The Kier molecular flexibility index (Phi) is 4.58. The quantitative estimate of drug-likeness (QED) is 0.889. The summed E-state index contributed by atoms with van der Waals surface area (Å²) in [5, 5.41) is 0. The van der Waals surface area contributed by atoms with E-state index in [9.17, 15) is 8.42 Å². The summed E-state index contributed by atoms with van der Waals surface area (Å²) in [4.78, 5) is 0.156. The monoisotopic (exact) mass is 369 g/mol.